The molecule has 0 aliphatic carbocycles. The van der Waals surface area contributed by atoms with Crippen LogP contribution in [0.4, 0.5) is 4.79 Å². The highest BCUT2D eigenvalue weighted by Crippen LogP contribution is 2.19. The normalized spacial score (nSPS) is 20.0. The lowest BCUT2D eigenvalue weighted by atomic mass is 10.0. The van der Waals surface area contributed by atoms with Gasteiger partial charge in [-0.25, -0.2) is 4.79 Å². The first-order valence-corrected chi connectivity index (χ1v) is 7.13. The van der Waals surface area contributed by atoms with Crippen molar-refractivity contribution in [3.05, 3.63) is 24.5 Å². The predicted octanol–water partition coefficient (Wildman–Crippen LogP) is 0.0309. The summed E-state index contributed by atoms with van der Waals surface area (Å²) in [7, 11) is 0. The largest absolute Gasteiger partial charge is 0.345 e. The Morgan fingerprint density at radius 2 is 1.86 bits per heavy atom. The molecule has 3 rings (SSSR count). The number of carbonyl (C=O) groups is 3. The molecular formula is C14H18N4O3. The van der Waals surface area contributed by atoms with Gasteiger partial charge in [-0.3, -0.25) is 14.5 Å². The van der Waals surface area contributed by atoms with Crippen LogP contribution >= 0.6 is 0 Å². The zero-order valence-electron chi connectivity index (χ0n) is 11.7. The molecule has 3 heterocycles. The first kappa shape index (κ1) is 13.7. The maximum absolute atomic E-state index is 12.2. The van der Waals surface area contributed by atoms with Gasteiger partial charge >= 0.3 is 6.03 Å². The van der Waals surface area contributed by atoms with Crippen LogP contribution in [-0.4, -0.2) is 57.9 Å². The highest BCUT2D eigenvalue weighted by atomic mass is 16.2. The summed E-state index contributed by atoms with van der Waals surface area (Å²) < 4.78 is 1.84. The van der Waals surface area contributed by atoms with Crippen molar-refractivity contribution in [2.75, 3.05) is 19.6 Å². The van der Waals surface area contributed by atoms with E-state index in [4.69, 9.17) is 0 Å². The number of piperidine rings is 1. The molecule has 2 aliphatic heterocycles. The smallest absolute Gasteiger partial charge is 0.324 e. The number of hydrogen-bond acceptors (Lipinski definition) is 3. The maximum atomic E-state index is 12.2. The number of aromatic nitrogens is 1. The first-order valence-electron chi connectivity index (χ1n) is 7.13. The van der Waals surface area contributed by atoms with Crippen LogP contribution in [0, 0.1) is 0 Å². The maximum Gasteiger partial charge on any atom is 0.324 e. The Labute approximate surface area is 122 Å². The number of hydrogen-bond donors (Lipinski definition) is 1. The molecule has 7 heteroatoms. The standard InChI is InChI=1S/C14H18N4O3/c19-12-9-15-14(21)18(12)11-3-7-17(8-4-11)13(20)10-16-5-1-2-6-16/h1-2,5-6,11H,3-4,7-10H2,(H,15,21). The Hall–Kier alpha value is -2.31. The van der Waals surface area contributed by atoms with Crippen molar-refractivity contribution in [1.29, 1.82) is 0 Å². The van der Waals surface area contributed by atoms with E-state index in [0.717, 1.165) is 0 Å². The van der Waals surface area contributed by atoms with Crippen LogP contribution in [0.3, 0.4) is 0 Å². The fourth-order valence-corrected chi connectivity index (χ4v) is 2.91. The molecule has 0 atom stereocenters. The number of amides is 4. The Bertz CT molecular complexity index is 531. The minimum Gasteiger partial charge on any atom is -0.345 e. The van der Waals surface area contributed by atoms with Crippen molar-refractivity contribution in [1.82, 2.24) is 19.7 Å². The quantitative estimate of drug-likeness (QED) is 0.798. The summed E-state index contributed by atoms with van der Waals surface area (Å²) in [6.45, 7) is 1.59. The second-order valence-electron chi connectivity index (χ2n) is 5.39. The zero-order valence-corrected chi connectivity index (χ0v) is 11.7. The second kappa shape index (κ2) is 5.59. The number of nitrogens with zero attached hydrogens (tertiary/aromatic N) is 3. The second-order valence-corrected chi connectivity index (χ2v) is 5.39. The molecule has 2 aliphatic rings. The van der Waals surface area contributed by atoms with Gasteiger partial charge in [0.05, 0.1) is 6.54 Å². The highest BCUT2D eigenvalue weighted by Gasteiger charge is 2.37. The van der Waals surface area contributed by atoms with Crippen molar-refractivity contribution >= 4 is 17.8 Å². The molecule has 4 amide bonds. The van der Waals surface area contributed by atoms with Crippen molar-refractivity contribution in [2.45, 2.75) is 25.4 Å². The molecule has 0 bridgehead atoms. The molecule has 0 radical (unpaired) electrons. The summed E-state index contributed by atoms with van der Waals surface area (Å²) in [5.41, 5.74) is 0. The van der Waals surface area contributed by atoms with Gasteiger partial charge in [0.2, 0.25) is 11.8 Å². The van der Waals surface area contributed by atoms with E-state index in [2.05, 4.69) is 5.32 Å². The van der Waals surface area contributed by atoms with Gasteiger partial charge < -0.3 is 14.8 Å². The summed E-state index contributed by atoms with van der Waals surface area (Å²) in [5.74, 6) is -0.0982. The summed E-state index contributed by atoms with van der Waals surface area (Å²) in [5, 5.41) is 2.53. The van der Waals surface area contributed by atoms with Gasteiger partial charge in [-0.05, 0) is 25.0 Å². The van der Waals surface area contributed by atoms with E-state index in [1.807, 2.05) is 29.1 Å². The molecule has 1 N–H and O–H groups in total. The molecule has 0 saturated carbocycles. The molecule has 21 heavy (non-hydrogen) atoms. The Morgan fingerprint density at radius 3 is 2.43 bits per heavy atom. The lowest BCUT2D eigenvalue weighted by Crippen LogP contribution is -2.49. The number of rotatable bonds is 3. The molecule has 0 spiro atoms. The van der Waals surface area contributed by atoms with Gasteiger partial charge in [0.25, 0.3) is 0 Å². The fourth-order valence-electron chi connectivity index (χ4n) is 2.91. The molecule has 0 unspecified atom stereocenters. The number of likely N-dealkylation sites (tertiary alicyclic amines) is 1. The minimum atomic E-state index is -0.308. The summed E-state index contributed by atoms with van der Waals surface area (Å²) >= 11 is 0. The van der Waals surface area contributed by atoms with Crippen LogP contribution in [0.2, 0.25) is 0 Å². The average molecular weight is 290 g/mol. The third-order valence-corrected chi connectivity index (χ3v) is 4.04. The lowest BCUT2D eigenvalue weighted by molar-refractivity contribution is -0.133. The average Bonchev–Trinajstić information content (AvgIpc) is 3.09. The van der Waals surface area contributed by atoms with Gasteiger partial charge in [0.1, 0.15) is 6.54 Å². The third-order valence-electron chi connectivity index (χ3n) is 4.04. The predicted molar refractivity (Wildman–Crippen MR) is 74.3 cm³/mol. The summed E-state index contributed by atoms with van der Waals surface area (Å²) in [6.07, 6.45) is 5.02. The number of carbonyl (C=O) groups excluding carboxylic acids is 3. The van der Waals surface area contributed by atoms with E-state index in [9.17, 15) is 14.4 Å². The molecule has 2 saturated heterocycles. The molecule has 1 aromatic rings. The molecule has 112 valence electrons. The van der Waals surface area contributed by atoms with Gasteiger partial charge in [0.15, 0.2) is 0 Å². The Balaban J connectivity index is 1.54. The van der Waals surface area contributed by atoms with Crippen LogP contribution in [0.1, 0.15) is 12.8 Å². The van der Waals surface area contributed by atoms with E-state index in [0.29, 0.717) is 32.5 Å². The van der Waals surface area contributed by atoms with E-state index in [1.165, 1.54) is 4.90 Å². The van der Waals surface area contributed by atoms with Crippen molar-refractivity contribution in [3.8, 4) is 0 Å². The van der Waals surface area contributed by atoms with Crippen LogP contribution in [-0.2, 0) is 16.1 Å². The monoisotopic (exact) mass is 290 g/mol. The molecule has 7 nitrogen and oxygen atoms in total. The Morgan fingerprint density at radius 1 is 1.19 bits per heavy atom. The molecule has 1 aromatic heterocycles. The van der Waals surface area contributed by atoms with E-state index in [1.54, 1.807) is 4.90 Å². The van der Waals surface area contributed by atoms with Gasteiger partial charge in [-0.15, -0.1) is 0 Å². The number of imide groups is 1. The zero-order chi connectivity index (χ0) is 14.8. The van der Waals surface area contributed by atoms with Gasteiger partial charge in [-0.1, -0.05) is 0 Å². The molecular weight excluding hydrogens is 272 g/mol. The Kier molecular flexibility index (Phi) is 3.64. The summed E-state index contributed by atoms with van der Waals surface area (Å²) in [6, 6.07) is 3.38. The first-order chi connectivity index (χ1) is 10.1. The van der Waals surface area contributed by atoms with Crippen LogP contribution < -0.4 is 5.32 Å². The molecule has 2 fully saturated rings. The SMILES string of the molecule is O=C(Cn1cccc1)N1CCC(N2C(=O)CNC2=O)CC1. The highest BCUT2D eigenvalue weighted by molar-refractivity contribution is 6.02. The van der Waals surface area contributed by atoms with E-state index in [-0.39, 0.29) is 30.4 Å². The van der Waals surface area contributed by atoms with E-state index >= 15 is 0 Å². The van der Waals surface area contributed by atoms with Crippen molar-refractivity contribution in [3.63, 3.8) is 0 Å². The summed E-state index contributed by atoms with van der Waals surface area (Å²) in [4.78, 5) is 38.6. The topological polar surface area (TPSA) is 74.7 Å². The van der Waals surface area contributed by atoms with Crippen LogP contribution in [0.5, 0.6) is 0 Å². The lowest BCUT2D eigenvalue weighted by Gasteiger charge is -2.35. The third kappa shape index (κ3) is 2.76. The van der Waals surface area contributed by atoms with E-state index < -0.39 is 0 Å². The van der Waals surface area contributed by atoms with Gasteiger partial charge in [0, 0.05) is 31.5 Å². The van der Waals surface area contributed by atoms with Crippen LogP contribution in [0.15, 0.2) is 24.5 Å². The molecule has 0 aromatic carbocycles. The van der Waals surface area contributed by atoms with Crippen LogP contribution in [0.25, 0.3) is 0 Å². The van der Waals surface area contributed by atoms with Crippen molar-refractivity contribution in [2.24, 2.45) is 0 Å². The number of nitrogens with one attached hydrogen (secondary N) is 1. The fraction of sp³-hybridized carbons (Fsp3) is 0.500. The minimum absolute atomic E-state index is 0.0712. The number of urea groups is 1. The van der Waals surface area contributed by atoms with Crippen molar-refractivity contribution < 1.29 is 14.4 Å². The van der Waals surface area contributed by atoms with Gasteiger partial charge in [-0.2, -0.15) is 0 Å².